The van der Waals surface area contributed by atoms with Crippen molar-refractivity contribution in [1.82, 2.24) is 9.13 Å². The van der Waals surface area contributed by atoms with Crippen LogP contribution >= 0.6 is 11.6 Å². The maximum atomic E-state index is 13.5. The quantitative estimate of drug-likeness (QED) is 0.773. The van der Waals surface area contributed by atoms with Gasteiger partial charge in [0.05, 0.1) is 6.54 Å². The lowest BCUT2D eigenvalue weighted by molar-refractivity contribution is 0.530. The van der Waals surface area contributed by atoms with E-state index in [-0.39, 0.29) is 6.54 Å². The third kappa shape index (κ3) is 2.09. The molecular formula is C12H10ClFN2O2. The van der Waals surface area contributed by atoms with Crippen molar-refractivity contribution in [3.8, 4) is 0 Å². The Balaban J connectivity index is 2.60. The standard InChI is InChI=1S/C12H10ClFN2O2/c1-15-10(13)9(14)11(17)16(12(15)18)7-8-5-3-2-4-6-8/h2-6H,7H2,1H3. The summed E-state index contributed by atoms with van der Waals surface area (Å²) < 4.78 is 15.2. The number of nitrogens with zero attached hydrogens (tertiary/aromatic N) is 2. The molecule has 2 aromatic rings. The first-order chi connectivity index (χ1) is 8.52. The van der Waals surface area contributed by atoms with Crippen molar-refractivity contribution < 1.29 is 4.39 Å². The van der Waals surface area contributed by atoms with Crippen LogP contribution in [-0.4, -0.2) is 9.13 Å². The Labute approximate surface area is 107 Å². The van der Waals surface area contributed by atoms with Gasteiger partial charge in [-0.2, -0.15) is 4.39 Å². The summed E-state index contributed by atoms with van der Waals surface area (Å²) in [6, 6.07) is 8.86. The number of benzene rings is 1. The summed E-state index contributed by atoms with van der Waals surface area (Å²) in [5, 5.41) is -0.477. The molecule has 1 aromatic carbocycles. The molecule has 0 N–H and O–H groups in total. The highest BCUT2D eigenvalue weighted by Crippen LogP contribution is 2.06. The topological polar surface area (TPSA) is 44.0 Å². The Morgan fingerprint density at radius 1 is 1.22 bits per heavy atom. The summed E-state index contributed by atoms with van der Waals surface area (Å²) in [6.07, 6.45) is 0. The molecule has 0 fully saturated rings. The minimum absolute atomic E-state index is 0.0143. The first kappa shape index (κ1) is 12.6. The van der Waals surface area contributed by atoms with E-state index in [4.69, 9.17) is 11.6 Å². The van der Waals surface area contributed by atoms with Gasteiger partial charge in [0.2, 0.25) is 5.82 Å². The van der Waals surface area contributed by atoms with Gasteiger partial charge in [-0.25, -0.2) is 4.79 Å². The van der Waals surface area contributed by atoms with Crippen molar-refractivity contribution in [2.45, 2.75) is 6.54 Å². The summed E-state index contributed by atoms with van der Waals surface area (Å²) in [5.41, 5.74) is -0.916. The largest absolute Gasteiger partial charge is 0.332 e. The van der Waals surface area contributed by atoms with E-state index in [9.17, 15) is 14.0 Å². The van der Waals surface area contributed by atoms with Crippen LogP contribution in [0.5, 0.6) is 0 Å². The molecule has 0 aliphatic rings. The molecule has 0 saturated carbocycles. The third-order valence-electron chi connectivity index (χ3n) is 2.61. The summed E-state index contributed by atoms with van der Waals surface area (Å²) >= 11 is 5.54. The lowest BCUT2D eigenvalue weighted by atomic mass is 10.2. The molecule has 1 heterocycles. The Morgan fingerprint density at radius 2 is 1.83 bits per heavy atom. The molecule has 0 saturated heterocycles. The number of aromatic nitrogens is 2. The molecule has 0 unspecified atom stereocenters. The first-order valence-corrected chi connectivity index (χ1v) is 5.59. The number of hydrogen-bond donors (Lipinski definition) is 0. The first-order valence-electron chi connectivity index (χ1n) is 5.21. The van der Waals surface area contributed by atoms with E-state index in [2.05, 4.69) is 0 Å². The van der Waals surface area contributed by atoms with Crippen LogP contribution in [0.15, 0.2) is 39.9 Å². The van der Waals surface area contributed by atoms with Crippen LogP contribution in [0.2, 0.25) is 5.15 Å². The molecular weight excluding hydrogens is 259 g/mol. The van der Waals surface area contributed by atoms with Crippen molar-refractivity contribution in [3.05, 3.63) is 67.7 Å². The Morgan fingerprint density at radius 3 is 2.44 bits per heavy atom. The van der Waals surface area contributed by atoms with Crippen LogP contribution in [-0.2, 0) is 13.6 Å². The average Bonchev–Trinajstić information content (AvgIpc) is 2.40. The molecule has 2 rings (SSSR count). The van der Waals surface area contributed by atoms with Crippen LogP contribution in [0, 0.1) is 5.82 Å². The highest BCUT2D eigenvalue weighted by atomic mass is 35.5. The molecule has 0 bridgehead atoms. The van der Waals surface area contributed by atoms with Gasteiger partial charge >= 0.3 is 5.69 Å². The van der Waals surface area contributed by atoms with Crippen LogP contribution in [0.25, 0.3) is 0 Å². The van der Waals surface area contributed by atoms with Crippen molar-refractivity contribution >= 4 is 11.6 Å². The third-order valence-corrected chi connectivity index (χ3v) is 3.03. The molecule has 6 heteroatoms. The fraction of sp³-hybridized carbons (Fsp3) is 0.167. The van der Waals surface area contributed by atoms with Crippen LogP contribution in [0.1, 0.15) is 5.56 Å². The Bertz CT molecular complexity index is 654. The van der Waals surface area contributed by atoms with Gasteiger partial charge in [-0.1, -0.05) is 41.9 Å². The van der Waals surface area contributed by atoms with E-state index in [0.717, 1.165) is 14.7 Å². The molecule has 0 aliphatic heterocycles. The van der Waals surface area contributed by atoms with Gasteiger partial charge in [-0.05, 0) is 5.56 Å². The molecule has 18 heavy (non-hydrogen) atoms. The molecule has 0 aliphatic carbocycles. The van der Waals surface area contributed by atoms with Gasteiger partial charge < -0.3 is 0 Å². The van der Waals surface area contributed by atoms with Crippen LogP contribution in [0.4, 0.5) is 4.39 Å². The van der Waals surface area contributed by atoms with Crippen LogP contribution < -0.4 is 11.2 Å². The van der Waals surface area contributed by atoms with E-state index in [1.807, 2.05) is 6.07 Å². The molecule has 4 nitrogen and oxygen atoms in total. The second kappa shape index (κ2) is 4.78. The molecule has 0 amide bonds. The number of rotatable bonds is 2. The average molecular weight is 269 g/mol. The Hall–Kier alpha value is -1.88. The van der Waals surface area contributed by atoms with Gasteiger partial charge in [-0.3, -0.25) is 13.9 Å². The van der Waals surface area contributed by atoms with Gasteiger partial charge in [0.15, 0.2) is 5.15 Å². The zero-order valence-electron chi connectivity index (χ0n) is 9.56. The summed E-state index contributed by atoms with van der Waals surface area (Å²) in [5.74, 6) is -1.12. The summed E-state index contributed by atoms with van der Waals surface area (Å²) in [7, 11) is 1.31. The van der Waals surface area contributed by atoms with E-state index >= 15 is 0 Å². The zero-order valence-corrected chi connectivity index (χ0v) is 10.3. The lowest BCUT2D eigenvalue weighted by Crippen LogP contribution is -2.41. The summed E-state index contributed by atoms with van der Waals surface area (Å²) in [6.45, 7) is 0.0143. The van der Waals surface area contributed by atoms with E-state index in [1.165, 1.54) is 7.05 Å². The minimum atomic E-state index is -1.12. The SMILES string of the molecule is Cn1c(Cl)c(F)c(=O)n(Cc2ccccc2)c1=O. The molecule has 94 valence electrons. The van der Waals surface area contributed by atoms with Gasteiger partial charge in [0.25, 0.3) is 5.56 Å². The summed E-state index contributed by atoms with van der Waals surface area (Å²) in [4.78, 5) is 23.5. The maximum absolute atomic E-state index is 13.5. The van der Waals surface area contributed by atoms with Crippen molar-refractivity contribution in [2.75, 3.05) is 0 Å². The van der Waals surface area contributed by atoms with Crippen molar-refractivity contribution in [3.63, 3.8) is 0 Å². The van der Waals surface area contributed by atoms with Crippen molar-refractivity contribution in [1.29, 1.82) is 0 Å². The number of halogens is 2. The minimum Gasteiger partial charge on any atom is -0.284 e. The highest BCUT2D eigenvalue weighted by molar-refractivity contribution is 6.29. The molecule has 0 atom stereocenters. The fourth-order valence-corrected chi connectivity index (χ4v) is 1.76. The van der Waals surface area contributed by atoms with Gasteiger partial charge in [-0.15, -0.1) is 0 Å². The van der Waals surface area contributed by atoms with E-state index in [1.54, 1.807) is 24.3 Å². The molecule has 0 radical (unpaired) electrons. The second-order valence-electron chi connectivity index (χ2n) is 3.82. The van der Waals surface area contributed by atoms with E-state index < -0.39 is 22.2 Å². The Kier molecular flexibility index (Phi) is 3.34. The second-order valence-corrected chi connectivity index (χ2v) is 4.18. The highest BCUT2D eigenvalue weighted by Gasteiger charge is 2.15. The predicted molar refractivity (Wildman–Crippen MR) is 66.5 cm³/mol. The normalized spacial score (nSPS) is 10.6. The number of hydrogen-bond acceptors (Lipinski definition) is 2. The van der Waals surface area contributed by atoms with Gasteiger partial charge in [0.1, 0.15) is 0 Å². The smallest absolute Gasteiger partial charge is 0.284 e. The monoisotopic (exact) mass is 268 g/mol. The van der Waals surface area contributed by atoms with Crippen molar-refractivity contribution in [2.24, 2.45) is 7.05 Å². The predicted octanol–water partition coefficient (Wildman–Crippen LogP) is 1.39. The molecule has 0 spiro atoms. The maximum Gasteiger partial charge on any atom is 0.332 e. The lowest BCUT2D eigenvalue weighted by Gasteiger charge is -2.09. The van der Waals surface area contributed by atoms with E-state index in [0.29, 0.717) is 0 Å². The fourth-order valence-electron chi connectivity index (χ4n) is 1.61. The zero-order chi connectivity index (χ0) is 13.3. The van der Waals surface area contributed by atoms with Gasteiger partial charge in [0, 0.05) is 7.05 Å². The van der Waals surface area contributed by atoms with Crippen LogP contribution in [0.3, 0.4) is 0 Å². The molecule has 1 aromatic heterocycles.